The highest BCUT2D eigenvalue weighted by molar-refractivity contribution is 6.21. The second-order valence-corrected chi connectivity index (χ2v) is 17.3. The van der Waals surface area contributed by atoms with Gasteiger partial charge in [-0.05, 0) is 102 Å². The predicted molar refractivity (Wildman–Crippen MR) is 256 cm³/mol. The van der Waals surface area contributed by atoms with Gasteiger partial charge in [0, 0.05) is 65.6 Å². The first-order chi connectivity index (χ1) is 30.5. The molecule has 9 aromatic carbocycles. The van der Waals surface area contributed by atoms with Crippen LogP contribution in [0, 0.1) is 0 Å². The van der Waals surface area contributed by atoms with Crippen molar-refractivity contribution in [3.8, 4) is 11.4 Å². The Bertz CT molecular complexity index is 4030. The molecule has 0 unspecified atom stereocenters. The van der Waals surface area contributed by atoms with Crippen LogP contribution in [0.4, 0.5) is 17.1 Å². The molecular formula is C57H37N3O2. The molecule has 0 amide bonds. The van der Waals surface area contributed by atoms with Gasteiger partial charge in [-0.25, -0.2) is 0 Å². The number of nitrogens with zero attached hydrogens (tertiary/aromatic N) is 3. The quantitative estimate of drug-likeness (QED) is 0.179. The number of hydrogen-bond acceptors (Lipinski definition) is 3. The molecule has 0 aliphatic carbocycles. The third-order valence-corrected chi connectivity index (χ3v) is 13.6. The van der Waals surface area contributed by atoms with E-state index in [1.165, 1.54) is 60.6 Å². The van der Waals surface area contributed by atoms with Crippen LogP contribution in [0.25, 0.3) is 98.9 Å². The Kier molecular flexibility index (Phi) is 6.57. The van der Waals surface area contributed by atoms with Crippen LogP contribution in [-0.2, 0) is 5.41 Å². The number of anilines is 3. The Hall–Kier alpha value is -8.02. The molecule has 0 atom stereocenters. The summed E-state index contributed by atoms with van der Waals surface area (Å²) in [6.45, 7) is 4.84. The Labute approximate surface area is 355 Å². The number of furan rings is 2. The monoisotopic (exact) mass is 795 g/mol. The summed E-state index contributed by atoms with van der Waals surface area (Å²) in [6.07, 6.45) is 0. The third-order valence-electron chi connectivity index (χ3n) is 13.6. The van der Waals surface area contributed by atoms with Crippen LogP contribution in [-0.4, -0.2) is 9.13 Å². The lowest BCUT2D eigenvalue weighted by Gasteiger charge is -2.43. The number of benzene rings is 9. The highest BCUT2D eigenvalue weighted by atomic mass is 16.3. The molecule has 0 radical (unpaired) electrons. The minimum absolute atomic E-state index is 0.388. The normalized spacial score (nSPS) is 13.7. The highest BCUT2D eigenvalue weighted by Gasteiger charge is 2.41. The second kappa shape index (κ2) is 12.1. The van der Waals surface area contributed by atoms with E-state index < -0.39 is 0 Å². The standard InChI is InChI=1S/C57H37N3O2/c1-57(2)43-26-27-47-54(40-19-7-11-21-45(40)59(47)36-25-31-52-42(33-36)38-17-9-13-23-50(38)62-52)56(43)60(34-14-4-3-5-15-34)48-29-28-46-53(55(48)57)39-18-6-10-20-44(39)58(46)35-24-30-51-41(32-35)37-16-8-12-22-49(37)61-51/h3-33H,1-2H3. The number of aromatic nitrogens is 2. The maximum absolute atomic E-state index is 6.29. The highest BCUT2D eigenvalue weighted by Crippen LogP contribution is 2.58. The molecule has 4 aromatic heterocycles. The van der Waals surface area contributed by atoms with E-state index in [4.69, 9.17) is 8.83 Å². The maximum Gasteiger partial charge on any atom is 0.135 e. The predicted octanol–water partition coefficient (Wildman–Crippen LogP) is 15.8. The van der Waals surface area contributed by atoms with Gasteiger partial charge in [-0.15, -0.1) is 0 Å². The lowest BCUT2D eigenvalue weighted by Crippen LogP contribution is -2.31. The van der Waals surface area contributed by atoms with Crippen molar-refractivity contribution in [2.45, 2.75) is 19.3 Å². The lowest BCUT2D eigenvalue weighted by molar-refractivity contribution is 0.639. The van der Waals surface area contributed by atoms with Crippen LogP contribution in [0.5, 0.6) is 0 Å². The van der Waals surface area contributed by atoms with Crippen LogP contribution in [0.15, 0.2) is 197 Å². The zero-order chi connectivity index (χ0) is 40.8. The van der Waals surface area contributed by atoms with Gasteiger partial charge in [-0.1, -0.05) is 111 Å². The number of para-hydroxylation sites is 5. The molecular weight excluding hydrogens is 759 g/mol. The first-order valence-electron chi connectivity index (χ1n) is 21.3. The van der Waals surface area contributed by atoms with Crippen molar-refractivity contribution in [1.82, 2.24) is 9.13 Å². The summed E-state index contributed by atoms with van der Waals surface area (Å²) in [5, 5.41) is 9.45. The van der Waals surface area contributed by atoms with E-state index in [2.05, 4.69) is 192 Å². The summed E-state index contributed by atoms with van der Waals surface area (Å²) < 4.78 is 17.5. The van der Waals surface area contributed by atoms with Crippen molar-refractivity contribution in [2.75, 3.05) is 4.90 Å². The molecule has 0 saturated carbocycles. The Morgan fingerprint density at radius 2 is 0.855 bits per heavy atom. The molecule has 13 aromatic rings. The van der Waals surface area contributed by atoms with Gasteiger partial charge in [0.2, 0.25) is 0 Å². The van der Waals surface area contributed by atoms with E-state index in [0.717, 1.165) is 66.5 Å². The summed E-state index contributed by atoms with van der Waals surface area (Å²) in [4.78, 5) is 2.54. The molecule has 62 heavy (non-hydrogen) atoms. The van der Waals surface area contributed by atoms with Crippen LogP contribution < -0.4 is 4.90 Å². The smallest absolute Gasteiger partial charge is 0.135 e. The van der Waals surface area contributed by atoms with E-state index >= 15 is 0 Å². The van der Waals surface area contributed by atoms with Gasteiger partial charge < -0.3 is 22.9 Å². The molecule has 14 rings (SSSR count). The van der Waals surface area contributed by atoms with Crippen molar-refractivity contribution >= 4 is 105 Å². The van der Waals surface area contributed by atoms with E-state index in [0.29, 0.717) is 0 Å². The topological polar surface area (TPSA) is 39.4 Å². The summed E-state index contributed by atoms with van der Waals surface area (Å²) in [6, 6.07) is 68.0. The second-order valence-electron chi connectivity index (χ2n) is 17.3. The molecule has 0 fully saturated rings. The first kappa shape index (κ1) is 33.8. The SMILES string of the molecule is CC1(C)c2ccc3c(c2N(c2ccccc2)c2ccc4c(c21)c1ccccc1n4-c1ccc2oc4ccccc4c2c1)c1ccccc1n3-c1ccc2oc3ccccc3c2c1. The molecule has 0 N–H and O–H groups in total. The number of fused-ring (bicyclic) bond motifs is 16. The molecule has 292 valence electrons. The molecule has 5 heterocycles. The molecule has 1 aliphatic heterocycles. The van der Waals surface area contributed by atoms with Crippen LogP contribution in [0.3, 0.4) is 0 Å². The van der Waals surface area contributed by atoms with Gasteiger partial charge in [0.1, 0.15) is 22.3 Å². The summed E-state index contributed by atoms with van der Waals surface area (Å²) >= 11 is 0. The van der Waals surface area contributed by atoms with Crippen LogP contribution in [0.2, 0.25) is 0 Å². The molecule has 0 saturated heterocycles. The fourth-order valence-corrected chi connectivity index (χ4v) is 11.0. The van der Waals surface area contributed by atoms with Crippen molar-refractivity contribution in [3.63, 3.8) is 0 Å². The van der Waals surface area contributed by atoms with Crippen molar-refractivity contribution in [1.29, 1.82) is 0 Å². The number of rotatable bonds is 3. The summed E-state index contributed by atoms with van der Waals surface area (Å²) in [5.74, 6) is 0. The van der Waals surface area contributed by atoms with Gasteiger partial charge in [-0.3, -0.25) is 0 Å². The Morgan fingerprint density at radius 3 is 1.47 bits per heavy atom. The first-order valence-corrected chi connectivity index (χ1v) is 21.3. The minimum Gasteiger partial charge on any atom is -0.456 e. The fraction of sp³-hybridized carbons (Fsp3) is 0.0526. The zero-order valence-electron chi connectivity index (χ0n) is 34.1. The van der Waals surface area contributed by atoms with Crippen molar-refractivity contribution in [3.05, 3.63) is 199 Å². The van der Waals surface area contributed by atoms with Gasteiger partial charge in [0.05, 0.1) is 33.4 Å². The molecule has 5 nitrogen and oxygen atoms in total. The van der Waals surface area contributed by atoms with Gasteiger partial charge in [-0.2, -0.15) is 0 Å². The third kappa shape index (κ3) is 4.36. The van der Waals surface area contributed by atoms with Crippen LogP contribution in [0.1, 0.15) is 25.0 Å². The maximum atomic E-state index is 6.29. The van der Waals surface area contributed by atoms with Gasteiger partial charge in [0.15, 0.2) is 0 Å². The fourth-order valence-electron chi connectivity index (χ4n) is 11.0. The van der Waals surface area contributed by atoms with E-state index in [1.54, 1.807) is 0 Å². The molecule has 0 spiro atoms. The van der Waals surface area contributed by atoms with E-state index in [9.17, 15) is 0 Å². The average Bonchev–Trinajstić information content (AvgIpc) is 4.06. The molecule has 5 heteroatoms. The van der Waals surface area contributed by atoms with E-state index in [-0.39, 0.29) is 5.41 Å². The average molecular weight is 796 g/mol. The number of hydrogen-bond donors (Lipinski definition) is 0. The van der Waals surface area contributed by atoms with Crippen LogP contribution >= 0.6 is 0 Å². The Morgan fingerprint density at radius 1 is 0.371 bits per heavy atom. The molecule has 0 bridgehead atoms. The lowest BCUT2D eigenvalue weighted by atomic mass is 9.71. The minimum atomic E-state index is -0.388. The zero-order valence-corrected chi connectivity index (χ0v) is 34.1. The molecule has 1 aliphatic rings. The van der Waals surface area contributed by atoms with Crippen molar-refractivity contribution < 1.29 is 8.83 Å². The summed E-state index contributed by atoms with van der Waals surface area (Å²) in [7, 11) is 0. The van der Waals surface area contributed by atoms with E-state index in [1.807, 2.05) is 24.3 Å². The largest absolute Gasteiger partial charge is 0.456 e. The van der Waals surface area contributed by atoms with Gasteiger partial charge >= 0.3 is 0 Å². The Balaban J connectivity index is 1.07. The summed E-state index contributed by atoms with van der Waals surface area (Å²) in [5.41, 5.74) is 16.3. The van der Waals surface area contributed by atoms with Crippen molar-refractivity contribution in [2.24, 2.45) is 0 Å². The van der Waals surface area contributed by atoms with Gasteiger partial charge in [0.25, 0.3) is 0 Å².